The minimum Gasteiger partial charge on any atom is -0.414 e. The van der Waals surface area contributed by atoms with Gasteiger partial charge in [0.1, 0.15) is 12.3 Å². The van der Waals surface area contributed by atoms with Gasteiger partial charge in [-0.05, 0) is 37.6 Å². The highest BCUT2D eigenvalue weighted by atomic mass is 28.4. The number of carbonyl (C=O) groups is 3. The molecule has 148 valence electrons. The Bertz CT molecular complexity index is 575. The molecule has 7 heteroatoms. The molecule has 0 unspecified atom stereocenters. The van der Waals surface area contributed by atoms with Crippen molar-refractivity contribution in [3.8, 4) is 0 Å². The van der Waals surface area contributed by atoms with Crippen LogP contribution in [0.15, 0.2) is 23.3 Å². The van der Waals surface area contributed by atoms with Gasteiger partial charge in [0.05, 0.1) is 6.61 Å². The lowest BCUT2D eigenvalue weighted by Gasteiger charge is -2.37. The van der Waals surface area contributed by atoms with E-state index >= 15 is 0 Å². The third-order valence-electron chi connectivity index (χ3n) is 4.47. The van der Waals surface area contributed by atoms with Gasteiger partial charge in [-0.2, -0.15) is 0 Å². The molecule has 0 aliphatic carbocycles. The first kappa shape index (κ1) is 24.3. The Morgan fingerprint density at radius 1 is 1.12 bits per heavy atom. The Morgan fingerprint density at radius 3 is 2.15 bits per heavy atom. The molecule has 0 saturated carbocycles. The van der Waals surface area contributed by atoms with Crippen molar-refractivity contribution >= 4 is 26.4 Å². The highest BCUT2D eigenvalue weighted by Gasteiger charge is 2.38. The first-order chi connectivity index (χ1) is 11.8. The van der Waals surface area contributed by atoms with Gasteiger partial charge in [-0.25, -0.2) is 0 Å². The first-order valence-electron chi connectivity index (χ1n) is 8.78. The Labute approximate surface area is 158 Å². The molecule has 26 heavy (non-hydrogen) atoms. The summed E-state index contributed by atoms with van der Waals surface area (Å²) < 4.78 is 6.08. The summed E-state index contributed by atoms with van der Waals surface area (Å²) in [7, 11) is -2.02. The molecule has 0 aliphatic rings. The quantitative estimate of drug-likeness (QED) is 0.278. The number of amides is 2. The van der Waals surface area contributed by atoms with Crippen molar-refractivity contribution in [2.24, 2.45) is 0 Å². The molecule has 0 saturated heterocycles. The second-order valence-electron chi connectivity index (χ2n) is 8.08. The topological polar surface area (TPSA) is 84.5 Å². The van der Waals surface area contributed by atoms with Gasteiger partial charge >= 0.3 is 0 Å². The largest absolute Gasteiger partial charge is 0.414 e. The number of hydrogen-bond donors (Lipinski definition) is 2. The zero-order valence-electron chi connectivity index (χ0n) is 17.4. The molecule has 0 rings (SSSR count). The molecule has 0 fully saturated rings. The number of rotatable bonds is 9. The fourth-order valence-corrected chi connectivity index (χ4v) is 2.67. The minimum atomic E-state index is -2.02. The van der Waals surface area contributed by atoms with E-state index in [-0.39, 0.29) is 23.5 Å². The maximum absolute atomic E-state index is 12.5. The third-order valence-corrected chi connectivity index (χ3v) is 8.97. The van der Waals surface area contributed by atoms with Crippen LogP contribution in [0.2, 0.25) is 18.1 Å². The molecule has 0 aromatic heterocycles. The molecule has 0 aliphatic heterocycles. The van der Waals surface area contributed by atoms with Gasteiger partial charge in [0.15, 0.2) is 8.32 Å². The van der Waals surface area contributed by atoms with Crippen molar-refractivity contribution in [3.05, 3.63) is 23.3 Å². The van der Waals surface area contributed by atoms with Crippen LogP contribution in [0, 0.1) is 0 Å². The second kappa shape index (κ2) is 10.4. The lowest BCUT2D eigenvalue weighted by Crippen LogP contribution is -2.52. The fraction of sp³-hybridized carbons (Fsp3) is 0.632. The molecule has 1 atom stereocenters. The number of aldehydes is 1. The molecule has 0 bridgehead atoms. The fourth-order valence-electron chi connectivity index (χ4n) is 1.66. The smallest absolute Gasteiger partial charge is 0.245 e. The highest BCUT2D eigenvalue weighted by molar-refractivity contribution is 6.74. The zero-order chi connectivity index (χ0) is 20.5. The molecule has 0 aromatic rings. The standard InChI is InChI=1S/C19H34N2O4Si/c1-14(9-10-15(2)12-22)11-20-18(24)17(21-16(3)23)13-25-26(7,8)19(4,5)6/h9-10,12,17H,11,13H2,1-8H3,(H,20,24)(H,21,23)/b14-9+,15-10+/t17-/m0/s1. The van der Waals surface area contributed by atoms with E-state index in [0.29, 0.717) is 12.1 Å². The summed E-state index contributed by atoms with van der Waals surface area (Å²) in [5, 5.41) is 5.48. The Kier molecular flexibility index (Phi) is 9.73. The van der Waals surface area contributed by atoms with Gasteiger partial charge in [0.25, 0.3) is 0 Å². The van der Waals surface area contributed by atoms with Crippen molar-refractivity contribution in [2.45, 2.75) is 65.7 Å². The van der Waals surface area contributed by atoms with Crippen LogP contribution in [0.3, 0.4) is 0 Å². The summed E-state index contributed by atoms with van der Waals surface area (Å²) in [6.07, 6.45) is 4.25. The Balaban J connectivity index is 4.90. The Morgan fingerprint density at radius 2 is 1.69 bits per heavy atom. The van der Waals surface area contributed by atoms with E-state index in [0.717, 1.165) is 11.9 Å². The Hall–Kier alpha value is -1.73. The average Bonchev–Trinajstić information content (AvgIpc) is 2.52. The van der Waals surface area contributed by atoms with Gasteiger partial charge in [0.2, 0.25) is 11.8 Å². The van der Waals surface area contributed by atoms with E-state index in [1.165, 1.54) is 6.92 Å². The van der Waals surface area contributed by atoms with E-state index in [9.17, 15) is 14.4 Å². The number of carbonyl (C=O) groups excluding carboxylic acids is 3. The van der Waals surface area contributed by atoms with E-state index in [1.807, 2.05) is 6.92 Å². The lowest BCUT2D eigenvalue weighted by atomic mass is 10.2. The normalized spacial score (nSPS) is 14.6. The van der Waals surface area contributed by atoms with Crippen LogP contribution in [0.4, 0.5) is 0 Å². The van der Waals surface area contributed by atoms with Crippen LogP contribution in [0.1, 0.15) is 41.5 Å². The lowest BCUT2D eigenvalue weighted by molar-refractivity contribution is -0.128. The van der Waals surface area contributed by atoms with Crippen LogP contribution >= 0.6 is 0 Å². The molecule has 0 aromatic carbocycles. The third kappa shape index (κ3) is 9.10. The monoisotopic (exact) mass is 382 g/mol. The summed E-state index contributed by atoms with van der Waals surface area (Å²) in [4.78, 5) is 34.5. The van der Waals surface area contributed by atoms with Crippen LogP contribution in [-0.4, -0.2) is 45.6 Å². The maximum Gasteiger partial charge on any atom is 0.245 e. The van der Waals surface area contributed by atoms with Crippen LogP contribution in [0.5, 0.6) is 0 Å². The zero-order valence-corrected chi connectivity index (χ0v) is 18.4. The summed E-state index contributed by atoms with van der Waals surface area (Å²) in [5.41, 5.74) is 1.50. The summed E-state index contributed by atoms with van der Waals surface area (Å²) in [6, 6.07) is -0.735. The molecule has 2 amide bonds. The predicted octanol–water partition coefficient (Wildman–Crippen LogP) is 2.72. The minimum absolute atomic E-state index is 0.0202. The first-order valence-corrected chi connectivity index (χ1v) is 11.7. The highest BCUT2D eigenvalue weighted by Crippen LogP contribution is 2.36. The molecule has 2 N–H and O–H groups in total. The van der Waals surface area contributed by atoms with E-state index in [4.69, 9.17) is 4.43 Å². The van der Waals surface area contributed by atoms with Gasteiger partial charge in [-0.3, -0.25) is 14.4 Å². The molecular weight excluding hydrogens is 348 g/mol. The van der Waals surface area contributed by atoms with Crippen LogP contribution in [0.25, 0.3) is 0 Å². The van der Waals surface area contributed by atoms with Gasteiger partial charge < -0.3 is 15.1 Å². The van der Waals surface area contributed by atoms with Crippen molar-refractivity contribution in [2.75, 3.05) is 13.2 Å². The molecule has 0 radical (unpaired) electrons. The predicted molar refractivity (Wildman–Crippen MR) is 107 cm³/mol. The summed E-state index contributed by atoms with van der Waals surface area (Å²) in [6.45, 7) is 16.0. The van der Waals surface area contributed by atoms with E-state index in [1.54, 1.807) is 19.1 Å². The van der Waals surface area contributed by atoms with Crippen LogP contribution in [-0.2, 0) is 18.8 Å². The SMILES string of the molecule is CC(=O)N[C@@H](CO[Si](C)(C)C(C)(C)C)C(=O)NC/C(C)=C/C=C(\C)C=O. The number of hydrogen-bond acceptors (Lipinski definition) is 4. The van der Waals surface area contributed by atoms with Gasteiger partial charge in [-0.15, -0.1) is 0 Å². The second-order valence-corrected chi connectivity index (χ2v) is 12.9. The summed E-state index contributed by atoms with van der Waals surface area (Å²) >= 11 is 0. The number of allylic oxidation sites excluding steroid dienone is 3. The van der Waals surface area contributed by atoms with E-state index in [2.05, 4.69) is 44.5 Å². The molecular formula is C19H34N2O4Si. The van der Waals surface area contributed by atoms with Crippen molar-refractivity contribution < 1.29 is 18.8 Å². The molecule has 6 nitrogen and oxygen atoms in total. The molecule has 0 heterocycles. The van der Waals surface area contributed by atoms with Gasteiger partial charge in [-0.1, -0.05) is 38.5 Å². The summed E-state index contributed by atoms with van der Waals surface area (Å²) in [5.74, 6) is -0.566. The van der Waals surface area contributed by atoms with Crippen molar-refractivity contribution in [1.82, 2.24) is 10.6 Å². The maximum atomic E-state index is 12.5. The average molecular weight is 383 g/mol. The van der Waals surface area contributed by atoms with E-state index < -0.39 is 14.4 Å². The van der Waals surface area contributed by atoms with Crippen molar-refractivity contribution in [3.63, 3.8) is 0 Å². The van der Waals surface area contributed by atoms with Gasteiger partial charge in [0, 0.05) is 13.5 Å². The number of nitrogens with one attached hydrogen (secondary N) is 2. The van der Waals surface area contributed by atoms with Crippen LogP contribution < -0.4 is 10.6 Å². The van der Waals surface area contributed by atoms with Crippen molar-refractivity contribution in [1.29, 1.82) is 0 Å². The molecule has 0 spiro atoms.